The van der Waals surface area contributed by atoms with Crippen molar-refractivity contribution >= 4 is 5.97 Å². The molecule has 0 fully saturated rings. The summed E-state index contributed by atoms with van der Waals surface area (Å²) >= 11 is 0. The second-order valence-corrected chi connectivity index (χ2v) is 13.0. The molecule has 0 radical (unpaired) electrons. The molecule has 0 unspecified atom stereocenters. The quantitative estimate of drug-likeness (QED) is 0.0369. The Balaban J connectivity index is 1.82. The minimum Gasteiger partial charge on any atom is -0.456 e. The molecule has 43 heavy (non-hydrogen) atoms. The van der Waals surface area contributed by atoms with Crippen molar-refractivity contribution in [3.05, 3.63) is 24.3 Å². The molecule has 6 heteroatoms. The lowest BCUT2D eigenvalue weighted by atomic mass is 9.97. The van der Waals surface area contributed by atoms with E-state index in [-0.39, 0.29) is 19.3 Å². The highest BCUT2D eigenvalue weighted by molar-refractivity contribution is 5.83. The summed E-state index contributed by atoms with van der Waals surface area (Å²) in [6.45, 7) is 2.28. The fraction of sp³-hybridized carbons (Fsp3) is 0.865. The maximum atomic E-state index is 11.3. The van der Waals surface area contributed by atoms with E-state index in [2.05, 4.69) is 19.1 Å². The zero-order chi connectivity index (χ0) is 31.4. The van der Waals surface area contributed by atoms with Crippen LogP contribution in [-0.4, -0.2) is 56.9 Å². The molecule has 0 bridgehead atoms. The van der Waals surface area contributed by atoms with Gasteiger partial charge >= 0.3 is 5.97 Å². The van der Waals surface area contributed by atoms with Gasteiger partial charge in [-0.1, -0.05) is 135 Å². The van der Waals surface area contributed by atoms with Crippen molar-refractivity contribution in [3.63, 3.8) is 0 Å². The van der Waals surface area contributed by atoms with E-state index in [4.69, 9.17) is 4.74 Å². The average molecular weight is 609 g/mol. The minimum atomic E-state index is -0.948. The van der Waals surface area contributed by atoms with E-state index in [9.17, 15) is 25.2 Å². The van der Waals surface area contributed by atoms with Crippen LogP contribution < -0.4 is 0 Å². The first kappa shape index (κ1) is 39.8. The maximum Gasteiger partial charge on any atom is 0.330 e. The molecule has 1 heterocycles. The summed E-state index contributed by atoms with van der Waals surface area (Å²) in [6.07, 6.45) is 33.3. The van der Waals surface area contributed by atoms with Crippen LogP contribution >= 0.6 is 0 Å². The molecule has 6 nitrogen and oxygen atoms in total. The van der Waals surface area contributed by atoms with E-state index < -0.39 is 36.5 Å². The summed E-state index contributed by atoms with van der Waals surface area (Å²) in [5.74, 6) is -0.540. The summed E-state index contributed by atoms with van der Waals surface area (Å²) in [7, 11) is 0. The lowest BCUT2D eigenvalue weighted by molar-refractivity contribution is -0.151. The fourth-order valence-electron chi connectivity index (χ4n) is 6.00. The first-order valence-corrected chi connectivity index (χ1v) is 18.2. The number of aliphatic hydroxyl groups is 4. The van der Waals surface area contributed by atoms with Gasteiger partial charge < -0.3 is 25.2 Å². The van der Waals surface area contributed by atoms with Crippen molar-refractivity contribution in [2.75, 3.05) is 0 Å². The van der Waals surface area contributed by atoms with E-state index in [1.54, 1.807) is 0 Å². The first-order chi connectivity index (χ1) is 20.9. The molecule has 0 saturated heterocycles. The maximum absolute atomic E-state index is 11.3. The number of carbonyl (C=O) groups is 1. The van der Waals surface area contributed by atoms with Gasteiger partial charge in [0.15, 0.2) is 0 Å². The van der Waals surface area contributed by atoms with E-state index >= 15 is 0 Å². The largest absolute Gasteiger partial charge is 0.456 e. The van der Waals surface area contributed by atoms with Crippen LogP contribution in [0.4, 0.5) is 0 Å². The molecule has 1 rings (SSSR count). The van der Waals surface area contributed by atoms with Crippen molar-refractivity contribution < 1.29 is 30.0 Å². The Hall–Kier alpha value is -1.21. The summed E-state index contributed by atoms with van der Waals surface area (Å²) in [5, 5.41) is 40.5. The van der Waals surface area contributed by atoms with Gasteiger partial charge in [0.25, 0.3) is 0 Å². The summed E-state index contributed by atoms with van der Waals surface area (Å²) in [4.78, 5) is 11.3. The van der Waals surface area contributed by atoms with Gasteiger partial charge in [-0.3, -0.25) is 0 Å². The van der Waals surface area contributed by atoms with Crippen molar-refractivity contribution in [1.82, 2.24) is 0 Å². The van der Waals surface area contributed by atoms with Gasteiger partial charge in [0.1, 0.15) is 12.2 Å². The highest BCUT2D eigenvalue weighted by Crippen LogP contribution is 2.19. The van der Waals surface area contributed by atoms with E-state index in [1.807, 2.05) is 0 Å². The molecule has 0 aromatic rings. The van der Waals surface area contributed by atoms with Gasteiger partial charge in [0.2, 0.25) is 0 Å². The van der Waals surface area contributed by atoms with Gasteiger partial charge in [0.05, 0.1) is 18.3 Å². The molecular formula is C37H68O6. The molecule has 0 aromatic carbocycles. The summed E-state index contributed by atoms with van der Waals surface area (Å²) in [5.41, 5.74) is 0. The Kier molecular flexibility index (Phi) is 26.2. The lowest BCUT2D eigenvalue weighted by Gasteiger charge is -2.26. The third kappa shape index (κ3) is 24.8. The summed E-state index contributed by atoms with van der Waals surface area (Å²) in [6, 6.07) is 0. The third-order valence-corrected chi connectivity index (χ3v) is 8.72. The zero-order valence-electron chi connectivity index (χ0n) is 27.7. The molecule has 4 N–H and O–H groups in total. The monoisotopic (exact) mass is 609 g/mol. The molecule has 1 aliphatic rings. The highest BCUT2D eigenvalue weighted by Gasteiger charge is 2.28. The molecular weight excluding hydrogens is 540 g/mol. The van der Waals surface area contributed by atoms with Gasteiger partial charge in [-0.05, 0) is 51.0 Å². The number of hydrogen-bond acceptors (Lipinski definition) is 6. The molecule has 1 aliphatic heterocycles. The minimum absolute atomic E-state index is 0.0568. The first-order valence-electron chi connectivity index (χ1n) is 18.2. The van der Waals surface area contributed by atoms with Gasteiger partial charge in [0, 0.05) is 12.5 Å². The van der Waals surface area contributed by atoms with Crippen molar-refractivity contribution in [2.45, 2.75) is 204 Å². The number of rotatable bonds is 30. The molecule has 0 aliphatic carbocycles. The highest BCUT2D eigenvalue weighted by atomic mass is 16.6. The van der Waals surface area contributed by atoms with Crippen LogP contribution in [0.25, 0.3) is 0 Å². The number of aliphatic hydroxyl groups excluding tert-OH is 4. The zero-order valence-corrected chi connectivity index (χ0v) is 27.7. The van der Waals surface area contributed by atoms with Crippen LogP contribution in [0.3, 0.4) is 0 Å². The normalized spacial score (nSPS) is 19.1. The molecule has 252 valence electrons. The Labute approximate surface area is 264 Å². The van der Waals surface area contributed by atoms with Crippen LogP contribution in [0, 0.1) is 0 Å². The number of cyclic esters (lactones) is 1. The van der Waals surface area contributed by atoms with Crippen LogP contribution in [-0.2, 0) is 9.53 Å². The fourth-order valence-corrected chi connectivity index (χ4v) is 6.00. The van der Waals surface area contributed by atoms with Crippen LogP contribution in [0.15, 0.2) is 24.3 Å². The third-order valence-electron chi connectivity index (χ3n) is 8.72. The summed E-state index contributed by atoms with van der Waals surface area (Å²) < 4.78 is 5.02. The van der Waals surface area contributed by atoms with Gasteiger partial charge in [-0.25, -0.2) is 4.79 Å². The molecule has 0 spiro atoms. The van der Waals surface area contributed by atoms with Crippen molar-refractivity contribution in [3.8, 4) is 0 Å². The smallest absolute Gasteiger partial charge is 0.330 e. The molecule has 5 atom stereocenters. The Morgan fingerprint density at radius 2 is 1.09 bits per heavy atom. The number of esters is 1. The SMILES string of the molecule is CCCCCCCCCCCCC=CCCCCCCCCCCCC[C@@H](O)C[C@H](O)C[C@H](O)C[C@@H]1OC(=O)C=C[C@@H]1O. The second kappa shape index (κ2) is 28.3. The molecule has 0 saturated carbocycles. The Morgan fingerprint density at radius 3 is 1.60 bits per heavy atom. The lowest BCUT2D eigenvalue weighted by Crippen LogP contribution is -2.37. The second-order valence-electron chi connectivity index (χ2n) is 13.0. The van der Waals surface area contributed by atoms with Gasteiger partial charge in [-0.2, -0.15) is 0 Å². The van der Waals surface area contributed by atoms with Crippen LogP contribution in [0.5, 0.6) is 0 Å². The predicted molar refractivity (Wildman–Crippen MR) is 178 cm³/mol. The number of carbonyl (C=O) groups excluding carboxylic acids is 1. The van der Waals surface area contributed by atoms with Crippen LogP contribution in [0.2, 0.25) is 0 Å². The topological polar surface area (TPSA) is 107 Å². The Morgan fingerprint density at radius 1 is 0.651 bits per heavy atom. The van der Waals surface area contributed by atoms with E-state index in [0.717, 1.165) is 12.8 Å². The predicted octanol–water partition coefficient (Wildman–Crippen LogP) is 8.63. The van der Waals surface area contributed by atoms with Crippen LogP contribution in [0.1, 0.15) is 174 Å². The number of hydrogen-bond donors (Lipinski definition) is 4. The van der Waals surface area contributed by atoms with Crippen molar-refractivity contribution in [2.24, 2.45) is 0 Å². The van der Waals surface area contributed by atoms with Crippen molar-refractivity contribution in [1.29, 1.82) is 0 Å². The van der Waals surface area contributed by atoms with E-state index in [1.165, 1.54) is 141 Å². The molecule has 0 aromatic heterocycles. The Bertz CT molecular complexity index is 693. The van der Waals surface area contributed by atoms with E-state index in [0.29, 0.717) is 6.42 Å². The number of allylic oxidation sites excluding steroid dienone is 2. The standard InChI is InChI=1S/C37H68O6/c1-2-3-4-5-6-7-8-9-10-11-12-13-14-15-16-17-18-19-20-21-22-23-24-25-26-32(38)29-33(39)30-34(40)31-36-35(41)27-28-37(42)43-36/h13-14,27-28,32-36,38-41H,2-12,15-26,29-31H2,1H3/t32-,33+,34+,35+,36+/m1/s1. The average Bonchev–Trinajstić information content (AvgIpc) is 2.97. The molecule has 0 amide bonds. The number of unbranched alkanes of at least 4 members (excludes halogenated alkanes) is 20. The van der Waals surface area contributed by atoms with Gasteiger partial charge in [-0.15, -0.1) is 0 Å². The number of ether oxygens (including phenoxy) is 1.